The molecule has 0 radical (unpaired) electrons. The van der Waals surface area contributed by atoms with Crippen molar-refractivity contribution in [1.82, 2.24) is 10.6 Å². The van der Waals surface area contributed by atoms with Gasteiger partial charge in [0, 0.05) is 36.6 Å². The van der Waals surface area contributed by atoms with Crippen molar-refractivity contribution in [3.63, 3.8) is 0 Å². The number of nitrogens with zero attached hydrogens (tertiary/aromatic N) is 1. The van der Waals surface area contributed by atoms with E-state index in [0.717, 1.165) is 45.0 Å². The molecule has 0 spiro atoms. The van der Waals surface area contributed by atoms with Crippen LogP contribution < -0.4 is 10.6 Å². The van der Waals surface area contributed by atoms with Gasteiger partial charge in [-0.15, -0.1) is 35.3 Å². The van der Waals surface area contributed by atoms with Crippen LogP contribution in [0.2, 0.25) is 0 Å². The SMILES string of the molecule is CCNC(=NCc1ccc(C)s1)NCCCCOCCOC.I. The number of methoxy groups -OCH3 is 1. The zero-order valence-electron chi connectivity index (χ0n) is 14.4. The number of rotatable bonds is 11. The van der Waals surface area contributed by atoms with E-state index in [2.05, 4.69) is 41.6 Å². The average Bonchev–Trinajstić information content (AvgIpc) is 2.93. The van der Waals surface area contributed by atoms with Gasteiger partial charge in [-0.3, -0.25) is 0 Å². The van der Waals surface area contributed by atoms with Crippen LogP contribution in [0.4, 0.5) is 0 Å². The van der Waals surface area contributed by atoms with Crippen LogP contribution in [-0.4, -0.2) is 46.0 Å². The van der Waals surface area contributed by atoms with Gasteiger partial charge in [0.1, 0.15) is 0 Å². The minimum absolute atomic E-state index is 0. The van der Waals surface area contributed by atoms with Crippen molar-refractivity contribution >= 4 is 41.3 Å². The summed E-state index contributed by atoms with van der Waals surface area (Å²) in [5, 5.41) is 6.64. The van der Waals surface area contributed by atoms with Crippen molar-refractivity contribution in [3.8, 4) is 0 Å². The van der Waals surface area contributed by atoms with Crippen LogP contribution in [0.5, 0.6) is 0 Å². The summed E-state index contributed by atoms with van der Waals surface area (Å²) in [6, 6.07) is 4.28. The Hall–Kier alpha value is -0.380. The molecule has 1 aromatic rings. The van der Waals surface area contributed by atoms with Gasteiger partial charge < -0.3 is 20.1 Å². The molecule has 134 valence electrons. The highest BCUT2D eigenvalue weighted by Gasteiger charge is 1.99. The number of halogens is 1. The molecule has 0 aromatic carbocycles. The van der Waals surface area contributed by atoms with Crippen molar-refractivity contribution < 1.29 is 9.47 Å². The standard InChI is InChI=1S/C16H29N3O2S.HI/c1-4-17-16(19-13-15-8-7-14(2)22-15)18-9-5-6-10-21-12-11-20-3;/h7-8H,4-6,9-13H2,1-3H3,(H2,17,18,19);1H. The number of thiophene rings is 1. The van der Waals surface area contributed by atoms with Crippen molar-refractivity contribution in [2.45, 2.75) is 33.2 Å². The van der Waals surface area contributed by atoms with Gasteiger partial charge in [-0.2, -0.15) is 0 Å². The van der Waals surface area contributed by atoms with Crippen LogP contribution in [0.25, 0.3) is 0 Å². The number of guanidine groups is 1. The Morgan fingerprint density at radius 3 is 2.65 bits per heavy atom. The fraction of sp³-hybridized carbons (Fsp3) is 0.688. The molecule has 0 aliphatic heterocycles. The minimum atomic E-state index is 0. The van der Waals surface area contributed by atoms with Crippen molar-refractivity contribution in [2.75, 3.05) is 40.0 Å². The molecule has 0 fully saturated rings. The highest BCUT2D eigenvalue weighted by molar-refractivity contribution is 14.0. The first kappa shape index (κ1) is 22.6. The monoisotopic (exact) mass is 455 g/mol. The number of nitrogens with one attached hydrogen (secondary N) is 2. The summed E-state index contributed by atoms with van der Waals surface area (Å²) < 4.78 is 10.4. The van der Waals surface area contributed by atoms with E-state index in [-0.39, 0.29) is 24.0 Å². The first-order chi connectivity index (χ1) is 10.8. The Morgan fingerprint density at radius 1 is 1.17 bits per heavy atom. The molecule has 0 unspecified atom stereocenters. The summed E-state index contributed by atoms with van der Waals surface area (Å²) in [5.74, 6) is 0.883. The first-order valence-electron chi connectivity index (χ1n) is 7.90. The third-order valence-corrected chi connectivity index (χ3v) is 3.96. The Balaban J connectivity index is 0.00000484. The smallest absolute Gasteiger partial charge is 0.191 e. The molecule has 0 atom stereocenters. The maximum atomic E-state index is 5.44. The fourth-order valence-corrected chi connectivity index (χ4v) is 2.66. The van der Waals surface area contributed by atoms with Gasteiger partial charge >= 0.3 is 0 Å². The summed E-state index contributed by atoms with van der Waals surface area (Å²) in [5.41, 5.74) is 0. The quantitative estimate of drug-likeness (QED) is 0.233. The van der Waals surface area contributed by atoms with Crippen LogP contribution in [0, 0.1) is 6.92 Å². The lowest BCUT2D eigenvalue weighted by Crippen LogP contribution is -2.37. The van der Waals surface area contributed by atoms with Crippen LogP contribution in [0.1, 0.15) is 29.5 Å². The lowest BCUT2D eigenvalue weighted by Gasteiger charge is -2.11. The molecule has 0 saturated heterocycles. The topological polar surface area (TPSA) is 54.9 Å². The van der Waals surface area contributed by atoms with Crippen LogP contribution >= 0.6 is 35.3 Å². The highest BCUT2D eigenvalue weighted by atomic mass is 127. The van der Waals surface area contributed by atoms with E-state index in [4.69, 9.17) is 9.47 Å². The lowest BCUT2D eigenvalue weighted by molar-refractivity contribution is 0.0689. The summed E-state index contributed by atoms with van der Waals surface area (Å²) in [6.07, 6.45) is 2.11. The van der Waals surface area contributed by atoms with Gasteiger partial charge in [0.2, 0.25) is 0 Å². The third-order valence-electron chi connectivity index (χ3n) is 2.97. The molecule has 0 aliphatic carbocycles. The van der Waals surface area contributed by atoms with E-state index < -0.39 is 0 Å². The molecular weight excluding hydrogens is 425 g/mol. The van der Waals surface area contributed by atoms with Crippen molar-refractivity contribution in [2.24, 2.45) is 4.99 Å². The summed E-state index contributed by atoms with van der Waals surface area (Å²) in [4.78, 5) is 7.24. The van der Waals surface area contributed by atoms with Gasteiger partial charge in [-0.25, -0.2) is 4.99 Å². The molecule has 1 rings (SSSR count). The van der Waals surface area contributed by atoms with Crippen molar-refractivity contribution in [1.29, 1.82) is 0 Å². The predicted molar refractivity (Wildman–Crippen MR) is 109 cm³/mol. The number of hydrogen-bond acceptors (Lipinski definition) is 4. The Labute approximate surface area is 161 Å². The molecule has 0 bridgehead atoms. The molecule has 2 N–H and O–H groups in total. The average molecular weight is 455 g/mol. The van der Waals surface area contributed by atoms with Gasteiger partial charge in [0.15, 0.2) is 5.96 Å². The summed E-state index contributed by atoms with van der Waals surface area (Å²) in [7, 11) is 1.69. The highest BCUT2D eigenvalue weighted by Crippen LogP contribution is 2.15. The number of ether oxygens (including phenoxy) is 2. The summed E-state index contributed by atoms with van der Waals surface area (Å²) >= 11 is 1.80. The molecular formula is C16H30IN3O2S. The lowest BCUT2D eigenvalue weighted by atomic mass is 10.3. The Kier molecular flexibility index (Phi) is 14.9. The van der Waals surface area contributed by atoms with E-state index in [1.165, 1.54) is 9.75 Å². The largest absolute Gasteiger partial charge is 0.382 e. The first-order valence-corrected chi connectivity index (χ1v) is 8.72. The number of unbranched alkanes of at least 4 members (excludes halogenated alkanes) is 1. The molecule has 1 heterocycles. The molecule has 23 heavy (non-hydrogen) atoms. The van der Waals surface area contributed by atoms with Gasteiger partial charge in [-0.1, -0.05) is 0 Å². The fourth-order valence-electron chi connectivity index (χ4n) is 1.85. The molecule has 0 amide bonds. The van der Waals surface area contributed by atoms with E-state index in [1.807, 2.05) is 0 Å². The van der Waals surface area contributed by atoms with E-state index >= 15 is 0 Å². The molecule has 1 aromatic heterocycles. The van der Waals surface area contributed by atoms with Crippen molar-refractivity contribution in [3.05, 3.63) is 21.9 Å². The zero-order chi connectivity index (χ0) is 16.0. The normalized spacial score (nSPS) is 11.2. The Bertz CT molecular complexity index is 427. The molecule has 5 nitrogen and oxygen atoms in total. The van der Waals surface area contributed by atoms with Crippen LogP contribution in [0.3, 0.4) is 0 Å². The predicted octanol–water partition coefficient (Wildman–Crippen LogP) is 3.17. The maximum absolute atomic E-state index is 5.44. The second kappa shape index (κ2) is 15.2. The second-order valence-electron chi connectivity index (χ2n) is 4.95. The van der Waals surface area contributed by atoms with Gasteiger partial charge in [0.25, 0.3) is 0 Å². The zero-order valence-corrected chi connectivity index (χ0v) is 17.5. The molecule has 0 aliphatic rings. The summed E-state index contributed by atoms with van der Waals surface area (Å²) in [6.45, 7) is 8.83. The van der Waals surface area contributed by atoms with E-state index in [0.29, 0.717) is 13.2 Å². The molecule has 0 saturated carbocycles. The van der Waals surface area contributed by atoms with E-state index in [9.17, 15) is 0 Å². The second-order valence-corrected chi connectivity index (χ2v) is 6.32. The third kappa shape index (κ3) is 11.7. The van der Waals surface area contributed by atoms with E-state index in [1.54, 1.807) is 18.4 Å². The number of aryl methyl sites for hydroxylation is 1. The van der Waals surface area contributed by atoms with Gasteiger partial charge in [-0.05, 0) is 38.8 Å². The molecule has 7 heteroatoms. The van der Waals surface area contributed by atoms with Gasteiger partial charge in [0.05, 0.1) is 19.8 Å². The Morgan fingerprint density at radius 2 is 2.00 bits per heavy atom. The number of aliphatic imine (C=N–C) groups is 1. The minimum Gasteiger partial charge on any atom is -0.382 e. The van der Waals surface area contributed by atoms with Crippen LogP contribution in [-0.2, 0) is 16.0 Å². The van der Waals surface area contributed by atoms with Crippen LogP contribution in [0.15, 0.2) is 17.1 Å². The number of hydrogen-bond donors (Lipinski definition) is 2. The maximum Gasteiger partial charge on any atom is 0.191 e.